The van der Waals surface area contributed by atoms with Crippen LogP contribution in [0.15, 0.2) is 18.2 Å². The normalized spacial score (nSPS) is 18.7. The van der Waals surface area contributed by atoms with E-state index in [4.69, 9.17) is 15.2 Å². The lowest BCUT2D eigenvalue weighted by Gasteiger charge is -2.24. The number of benzene rings is 1. The van der Waals surface area contributed by atoms with E-state index in [1.54, 1.807) is 4.90 Å². The van der Waals surface area contributed by atoms with E-state index in [0.29, 0.717) is 13.1 Å². The van der Waals surface area contributed by atoms with Gasteiger partial charge in [0.25, 0.3) is 0 Å². The number of carbonyl (C=O) groups is 1. The number of nitrogens with two attached hydrogens (primary N) is 1. The smallest absolute Gasteiger partial charge is 0.410 e. The van der Waals surface area contributed by atoms with Crippen molar-refractivity contribution in [2.24, 2.45) is 0 Å². The number of amides is 1. The fraction of sp³-hybridized carbons (Fsp3) is 0.562. The standard InChI is InChI=1S/C16H24N2O3/c1-11-9-12(17)5-6-14(11)20-13-7-8-18(10-13)15(19)21-16(2,3)4/h5-6,9,13H,7-8,10,17H2,1-4H3/t13-/m1/s1. The molecule has 0 radical (unpaired) electrons. The van der Waals surface area contributed by atoms with Crippen LogP contribution < -0.4 is 10.5 Å². The molecule has 2 rings (SSSR count). The van der Waals surface area contributed by atoms with Crippen LogP contribution >= 0.6 is 0 Å². The lowest BCUT2D eigenvalue weighted by atomic mass is 10.2. The van der Waals surface area contributed by atoms with E-state index in [-0.39, 0.29) is 12.2 Å². The minimum Gasteiger partial charge on any atom is -0.488 e. The first-order valence-corrected chi connectivity index (χ1v) is 7.25. The highest BCUT2D eigenvalue weighted by atomic mass is 16.6. The van der Waals surface area contributed by atoms with Crippen molar-refractivity contribution in [3.63, 3.8) is 0 Å². The molecule has 1 saturated heterocycles. The number of rotatable bonds is 2. The second kappa shape index (κ2) is 5.84. The molecule has 1 aromatic rings. The number of hydrogen-bond donors (Lipinski definition) is 1. The van der Waals surface area contributed by atoms with Gasteiger partial charge >= 0.3 is 6.09 Å². The van der Waals surface area contributed by atoms with Gasteiger partial charge in [-0.2, -0.15) is 0 Å². The molecule has 0 saturated carbocycles. The van der Waals surface area contributed by atoms with Crippen molar-refractivity contribution in [1.29, 1.82) is 0 Å². The van der Waals surface area contributed by atoms with Crippen molar-refractivity contribution in [3.05, 3.63) is 23.8 Å². The maximum Gasteiger partial charge on any atom is 0.410 e. The van der Waals surface area contributed by atoms with Gasteiger partial charge in [-0.05, 0) is 51.5 Å². The highest BCUT2D eigenvalue weighted by Crippen LogP contribution is 2.24. The van der Waals surface area contributed by atoms with Crippen LogP contribution in [0.3, 0.4) is 0 Å². The molecule has 1 fully saturated rings. The van der Waals surface area contributed by atoms with Crippen LogP contribution in [0.2, 0.25) is 0 Å². The molecular formula is C16H24N2O3. The maximum atomic E-state index is 12.0. The molecular weight excluding hydrogens is 268 g/mol. The molecule has 0 unspecified atom stereocenters. The molecule has 0 aliphatic carbocycles. The zero-order chi connectivity index (χ0) is 15.6. The molecule has 1 heterocycles. The molecule has 1 atom stereocenters. The molecule has 5 nitrogen and oxygen atoms in total. The van der Waals surface area contributed by atoms with Crippen molar-refractivity contribution >= 4 is 11.8 Å². The number of ether oxygens (including phenoxy) is 2. The van der Waals surface area contributed by atoms with E-state index in [1.165, 1.54) is 0 Å². The van der Waals surface area contributed by atoms with Crippen LogP contribution in [-0.4, -0.2) is 35.8 Å². The largest absolute Gasteiger partial charge is 0.488 e. The van der Waals surface area contributed by atoms with Crippen LogP contribution in [0.1, 0.15) is 32.8 Å². The Labute approximate surface area is 126 Å². The first-order valence-electron chi connectivity index (χ1n) is 7.25. The van der Waals surface area contributed by atoms with Crippen LogP contribution in [0.25, 0.3) is 0 Å². The van der Waals surface area contributed by atoms with Gasteiger partial charge in [0.15, 0.2) is 0 Å². The van der Waals surface area contributed by atoms with Crippen molar-refractivity contribution in [3.8, 4) is 5.75 Å². The molecule has 1 aliphatic heterocycles. The molecule has 116 valence electrons. The Kier molecular flexibility index (Phi) is 4.30. The van der Waals surface area contributed by atoms with E-state index in [1.807, 2.05) is 45.9 Å². The number of hydrogen-bond acceptors (Lipinski definition) is 4. The van der Waals surface area contributed by atoms with Gasteiger partial charge in [0.1, 0.15) is 17.5 Å². The van der Waals surface area contributed by atoms with Gasteiger partial charge in [0, 0.05) is 18.7 Å². The third-order valence-electron chi connectivity index (χ3n) is 3.29. The van der Waals surface area contributed by atoms with Gasteiger partial charge in [0.05, 0.1) is 6.54 Å². The lowest BCUT2D eigenvalue weighted by Crippen LogP contribution is -2.36. The van der Waals surface area contributed by atoms with Gasteiger partial charge in [-0.15, -0.1) is 0 Å². The van der Waals surface area contributed by atoms with E-state index >= 15 is 0 Å². The van der Waals surface area contributed by atoms with Gasteiger partial charge < -0.3 is 20.1 Å². The predicted octanol–water partition coefficient (Wildman–Crippen LogP) is 2.97. The van der Waals surface area contributed by atoms with Crippen LogP contribution in [0, 0.1) is 6.92 Å². The quantitative estimate of drug-likeness (QED) is 0.851. The predicted molar refractivity (Wildman–Crippen MR) is 82.4 cm³/mol. The van der Waals surface area contributed by atoms with Crippen LogP contribution in [0.5, 0.6) is 5.75 Å². The zero-order valence-electron chi connectivity index (χ0n) is 13.2. The molecule has 1 aliphatic rings. The van der Waals surface area contributed by atoms with E-state index in [2.05, 4.69) is 0 Å². The molecule has 0 aromatic heterocycles. The van der Waals surface area contributed by atoms with Gasteiger partial charge in [0.2, 0.25) is 0 Å². The number of nitrogens with zero attached hydrogens (tertiary/aromatic N) is 1. The fourth-order valence-electron chi connectivity index (χ4n) is 2.30. The van der Waals surface area contributed by atoms with E-state index < -0.39 is 5.60 Å². The third kappa shape index (κ3) is 4.28. The summed E-state index contributed by atoms with van der Waals surface area (Å²) < 4.78 is 11.3. The van der Waals surface area contributed by atoms with E-state index in [0.717, 1.165) is 23.4 Å². The Morgan fingerprint density at radius 3 is 2.71 bits per heavy atom. The SMILES string of the molecule is Cc1cc(N)ccc1O[C@@H]1CCN(C(=O)OC(C)(C)C)C1. The lowest BCUT2D eigenvalue weighted by molar-refractivity contribution is 0.0275. The maximum absolute atomic E-state index is 12.0. The van der Waals surface area contributed by atoms with Crippen LogP contribution in [-0.2, 0) is 4.74 Å². The summed E-state index contributed by atoms with van der Waals surface area (Å²) in [7, 11) is 0. The summed E-state index contributed by atoms with van der Waals surface area (Å²) in [5.74, 6) is 0.820. The Morgan fingerprint density at radius 1 is 1.38 bits per heavy atom. The third-order valence-corrected chi connectivity index (χ3v) is 3.29. The number of aryl methyl sites for hydroxylation is 1. The van der Waals surface area contributed by atoms with Gasteiger partial charge in [-0.1, -0.05) is 0 Å². The summed E-state index contributed by atoms with van der Waals surface area (Å²) in [4.78, 5) is 13.7. The first kappa shape index (κ1) is 15.5. The Morgan fingerprint density at radius 2 is 2.10 bits per heavy atom. The average molecular weight is 292 g/mol. The zero-order valence-corrected chi connectivity index (χ0v) is 13.2. The molecule has 5 heteroatoms. The molecule has 1 amide bonds. The monoisotopic (exact) mass is 292 g/mol. The Bertz CT molecular complexity index is 523. The minimum atomic E-state index is -0.469. The number of carbonyl (C=O) groups excluding carboxylic acids is 1. The number of likely N-dealkylation sites (tertiary alicyclic amines) is 1. The van der Waals surface area contributed by atoms with Crippen molar-refractivity contribution in [2.75, 3.05) is 18.8 Å². The van der Waals surface area contributed by atoms with Crippen LogP contribution in [0.4, 0.5) is 10.5 Å². The average Bonchev–Trinajstić information content (AvgIpc) is 2.79. The second-order valence-electron chi connectivity index (χ2n) is 6.48. The summed E-state index contributed by atoms with van der Waals surface area (Å²) in [6, 6.07) is 5.58. The van der Waals surface area contributed by atoms with Crippen molar-refractivity contribution < 1.29 is 14.3 Å². The highest BCUT2D eigenvalue weighted by molar-refractivity contribution is 5.68. The summed E-state index contributed by atoms with van der Waals surface area (Å²) in [6.07, 6.45) is 0.533. The molecule has 2 N–H and O–H groups in total. The molecule has 0 bridgehead atoms. The second-order valence-corrected chi connectivity index (χ2v) is 6.48. The summed E-state index contributed by atoms with van der Waals surface area (Å²) >= 11 is 0. The summed E-state index contributed by atoms with van der Waals surface area (Å²) in [5.41, 5.74) is 6.99. The van der Waals surface area contributed by atoms with Crippen molar-refractivity contribution in [1.82, 2.24) is 4.90 Å². The molecule has 21 heavy (non-hydrogen) atoms. The first-order chi connectivity index (χ1) is 9.74. The number of nitrogen functional groups attached to an aromatic ring is 1. The van der Waals surface area contributed by atoms with E-state index in [9.17, 15) is 4.79 Å². The summed E-state index contributed by atoms with van der Waals surface area (Å²) in [6.45, 7) is 8.78. The molecule has 1 aromatic carbocycles. The Hall–Kier alpha value is -1.91. The topological polar surface area (TPSA) is 64.8 Å². The number of anilines is 1. The Balaban J connectivity index is 1.92. The van der Waals surface area contributed by atoms with Crippen molar-refractivity contribution in [2.45, 2.75) is 45.8 Å². The fourth-order valence-corrected chi connectivity index (χ4v) is 2.30. The summed E-state index contributed by atoms with van der Waals surface area (Å²) in [5, 5.41) is 0. The molecule has 0 spiro atoms. The van der Waals surface area contributed by atoms with Gasteiger partial charge in [-0.25, -0.2) is 4.79 Å². The van der Waals surface area contributed by atoms with Gasteiger partial charge in [-0.3, -0.25) is 0 Å². The highest BCUT2D eigenvalue weighted by Gasteiger charge is 2.31. The minimum absolute atomic E-state index is 0.000146.